The van der Waals surface area contributed by atoms with Crippen LogP contribution in [0.2, 0.25) is 0 Å². The molecule has 0 atom stereocenters. The minimum atomic E-state index is -0.431. The minimum Gasteiger partial charge on any atom is -0.483 e. The van der Waals surface area contributed by atoms with Gasteiger partial charge in [-0.2, -0.15) is 0 Å². The third-order valence-corrected chi connectivity index (χ3v) is 1.16. The monoisotopic (exact) mass is 184 g/mol. The highest BCUT2D eigenvalue weighted by atomic mass is 16.6. The van der Waals surface area contributed by atoms with Gasteiger partial charge in [-0.25, -0.2) is 4.79 Å². The third-order valence-electron chi connectivity index (χ3n) is 1.16. The molecule has 0 saturated carbocycles. The molecule has 0 spiro atoms. The van der Waals surface area contributed by atoms with Crippen LogP contribution in [-0.4, -0.2) is 18.7 Å². The Morgan fingerprint density at radius 3 is 2.54 bits per heavy atom. The van der Waals surface area contributed by atoms with Gasteiger partial charge in [-0.05, 0) is 26.8 Å². The van der Waals surface area contributed by atoms with E-state index in [2.05, 4.69) is 6.58 Å². The van der Waals surface area contributed by atoms with Crippen LogP contribution in [0.15, 0.2) is 24.5 Å². The van der Waals surface area contributed by atoms with Crippen molar-refractivity contribution in [3.05, 3.63) is 24.5 Å². The Hall–Kier alpha value is -1.25. The molecule has 3 heteroatoms. The Morgan fingerprint density at radius 1 is 1.54 bits per heavy atom. The molecule has 0 radical (unpaired) electrons. The molecular weight excluding hydrogens is 168 g/mol. The molecule has 0 aromatic rings. The van der Waals surface area contributed by atoms with E-state index in [4.69, 9.17) is 9.47 Å². The molecule has 0 rings (SSSR count). The fourth-order valence-electron chi connectivity index (χ4n) is 0.681. The fraction of sp³-hybridized carbons (Fsp3) is 0.500. The molecule has 0 fully saturated rings. The highest BCUT2D eigenvalue weighted by molar-refractivity contribution is 5.86. The maximum Gasteiger partial charge on any atom is 0.373 e. The number of carbonyl (C=O) groups excluding carboxylic acids is 1. The van der Waals surface area contributed by atoms with E-state index < -0.39 is 5.97 Å². The molecule has 0 heterocycles. The second-order valence-corrected chi connectivity index (χ2v) is 2.71. The largest absolute Gasteiger partial charge is 0.483 e. The lowest BCUT2D eigenvalue weighted by molar-refractivity contribution is -0.146. The van der Waals surface area contributed by atoms with Crippen LogP contribution in [0.25, 0.3) is 0 Å². The molecule has 3 nitrogen and oxygen atoms in total. The summed E-state index contributed by atoms with van der Waals surface area (Å²) in [7, 11) is 0. The zero-order valence-corrected chi connectivity index (χ0v) is 8.37. The van der Waals surface area contributed by atoms with Gasteiger partial charge in [-0.3, -0.25) is 0 Å². The molecule has 0 amide bonds. The van der Waals surface area contributed by atoms with Gasteiger partial charge in [-0.1, -0.05) is 12.7 Å². The zero-order valence-electron chi connectivity index (χ0n) is 8.37. The van der Waals surface area contributed by atoms with Gasteiger partial charge in [0.05, 0.1) is 6.10 Å². The Balaban J connectivity index is 4.09. The Labute approximate surface area is 79.0 Å². The number of esters is 1. The van der Waals surface area contributed by atoms with E-state index in [1.165, 1.54) is 0 Å². The van der Waals surface area contributed by atoms with Gasteiger partial charge in [-0.15, -0.1) is 0 Å². The summed E-state index contributed by atoms with van der Waals surface area (Å²) >= 11 is 0. The number of carbonyl (C=O) groups is 1. The van der Waals surface area contributed by atoms with Crippen LogP contribution in [0.1, 0.15) is 20.8 Å². The zero-order chi connectivity index (χ0) is 10.3. The number of allylic oxidation sites excluding steroid dienone is 1. The van der Waals surface area contributed by atoms with Gasteiger partial charge in [0.25, 0.3) is 0 Å². The first-order valence-corrected chi connectivity index (χ1v) is 4.22. The van der Waals surface area contributed by atoms with E-state index in [1.54, 1.807) is 32.9 Å². The van der Waals surface area contributed by atoms with Crippen LogP contribution in [0.4, 0.5) is 0 Å². The lowest BCUT2D eigenvalue weighted by Gasteiger charge is -2.10. The second kappa shape index (κ2) is 6.29. The average Bonchev–Trinajstić information content (AvgIpc) is 2.04. The van der Waals surface area contributed by atoms with Crippen molar-refractivity contribution in [2.24, 2.45) is 0 Å². The number of hydrogen-bond acceptors (Lipinski definition) is 3. The van der Waals surface area contributed by atoms with Crippen molar-refractivity contribution in [1.29, 1.82) is 0 Å². The SMILES string of the molecule is C=CCO/C(=C\C)C(=O)OC(C)C. The van der Waals surface area contributed by atoms with Crippen molar-refractivity contribution >= 4 is 5.97 Å². The fourth-order valence-corrected chi connectivity index (χ4v) is 0.681. The van der Waals surface area contributed by atoms with Crippen LogP contribution in [-0.2, 0) is 14.3 Å². The van der Waals surface area contributed by atoms with Crippen LogP contribution in [0.5, 0.6) is 0 Å². The number of hydrogen-bond donors (Lipinski definition) is 0. The molecule has 0 aliphatic carbocycles. The molecule has 74 valence electrons. The Morgan fingerprint density at radius 2 is 2.15 bits per heavy atom. The van der Waals surface area contributed by atoms with Gasteiger partial charge in [0.1, 0.15) is 6.61 Å². The van der Waals surface area contributed by atoms with E-state index >= 15 is 0 Å². The van der Waals surface area contributed by atoms with Crippen molar-refractivity contribution in [2.75, 3.05) is 6.61 Å². The van der Waals surface area contributed by atoms with Crippen LogP contribution >= 0.6 is 0 Å². The first kappa shape index (κ1) is 11.8. The van der Waals surface area contributed by atoms with Crippen molar-refractivity contribution in [1.82, 2.24) is 0 Å². The summed E-state index contributed by atoms with van der Waals surface area (Å²) < 4.78 is 10.0. The van der Waals surface area contributed by atoms with Gasteiger partial charge < -0.3 is 9.47 Å². The normalized spacial score (nSPS) is 11.2. The van der Waals surface area contributed by atoms with E-state index in [9.17, 15) is 4.79 Å². The summed E-state index contributed by atoms with van der Waals surface area (Å²) in [6, 6.07) is 0. The lowest BCUT2D eigenvalue weighted by Crippen LogP contribution is -2.15. The minimum absolute atomic E-state index is 0.130. The summed E-state index contributed by atoms with van der Waals surface area (Å²) in [6.07, 6.45) is 3.02. The van der Waals surface area contributed by atoms with Gasteiger partial charge in [0, 0.05) is 0 Å². The molecule has 0 saturated heterocycles. The standard InChI is InChI=1S/C10H16O3/c1-5-7-12-9(6-2)10(11)13-8(3)4/h5-6,8H,1,7H2,2-4H3/b9-6-. The van der Waals surface area contributed by atoms with Crippen molar-refractivity contribution in [3.8, 4) is 0 Å². The number of ether oxygens (including phenoxy) is 2. The number of rotatable bonds is 5. The van der Waals surface area contributed by atoms with Crippen molar-refractivity contribution in [3.63, 3.8) is 0 Å². The third kappa shape index (κ3) is 5.06. The highest BCUT2D eigenvalue weighted by Gasteiger charge is 2.12. The van der Waals surface area contributed by atoms with Gasteiger partial charge >= 0.3 is 5.97 Å². The summed E-state index contributed by atoms with van der Waals surface area (Å²) in [5.74, 6) is -0.201. The molecular formula is C10H16O3. The summed E-state index contributed by atoms with van der Waals surface area (Å²) in [6.45, 7) is 9.10. The molecule has 0 N–H and O–H groups in total. The molecule has 0 aromatic heterocycles. The summed E-state index contributed by atoms with van der Waals surface area (Å²) in [4.78, 5) is 11.2. The molecule has 0 bridgehead atoms. The molecule has 0 aromatic carbocycles. The van der Waals surface area contributed by atoms with E-state index in [0.29, 0.717) is 6.61 Å². The lowest BCUT2D eigenvalue weighted by atomic mass is 10.4. The molecule has 0 aliphatic heterocycles. The first-order chi connectivity index (χ1) is 6.11. The topological polar surface area (TPSA) is 35.5 Å². The van der Waals surface area contributed by atoms with E-state index in [0.717, 1.165) is 0 Å². The predicted molar refractivity (Wildman–Crippen MR) is 51.1 cm³/mol. The van der Waals surface area contributed by atoms with Crippen LogP contribution in [0, 0.1) is 0 Å². The highest BCUT2D eigenvalue weighted by Crippen LogP contribution is 2.03. The molecule has 13 heavy (non-hydrogen) atoms. The summed E-state index contributed by atoms with van der Waals surface area (Å²) in [5, 5.41) is 0. The smallest absolute Gasteiger partial charge is 0.373 e. The second-order valence-electron chi connectivity index (χ2n) is 2.71. The van der Waals surface area contributed by atoms with Crippen LogP contribution in [0.3, 0.4) is 0 Å². The van der Waals surface area contributed by atoms with Crippen LogP contribution < -0.4 is 0 Å². The van der Waals surface area contributed by atoms with Crippen molar-refractivity contribution in [2.45, 2.75) is 26.9 Å². The molecule has 0 aliphatic rings. The first-order valence-electron chi connectivity index (χ1n) is 4.22. The Kier molecular flexibility index (Phi) is 5.68. The summed E-state index contributed by atoms with van der Waals surface area (Å²) in [5.41, 5.74) is 0. The maximum absolute atomic E-state index is 11.2. The maximum atomic E-state index is 11.2. The predicted octanol–water partition coefficient (Wildman–Crippen LogP) is 2.04. The van der Waals surface area contributed by atoms with E-state index in [-0.39, 0.29) is 11.9 Å². The average molecular weight is 184 g/mol. The van der Waals surface area contributed by atoms with Gasteiger partial charge in [0.15, 0.2) is 0 Å². The van der Waals surface area contributed by atoms with Gasteiger partial charge in [0.2, 0.25) is 5.76 Å². The molecule has 0 unspecified atom stereocenters. The van der Waals surface area contributed by atoms with Crippen molar-refractivity contribution < 1.29 is 14.3 Å². The quantitative estimate of drug-likeness (QED) is 0.284. The van der Waals surface area contributed by atoms with E-state index in [1.807, 2.05) is 0 Å². The Bertz CT molecular complexity index is 204.